The van der Waals surface area contributed by atoms with Crippen LogP contribution in [0.4, 0.5) is 5.69 Å². The van der Waals surface area contributed by atoms with E-state index >= 15 is 0 Å². The van der Waals surface area contributed by atoms with Gasteiger partial charge in [0.15, 0.2) is 0 Å². The summed E-state index contributed by atoms with van der Waals surface area (Å²) >= 11 is 0. The molecule has 1 aromatic carbocycles. The van der Waals surface area contributed by atoms with Crippen LogP contribution in [0.2, 0.25) is 0 Å². The maximum Gasteiger partial charge on any atom is 0.0529 e. The van der Waals surface area contributed by atoms with E-state index in [0.29, 0.717) is 0 Å². The summed E-state index contributed by atoms with van der Waals surface area (Å²) in [7, 11) is 0. The summed E-state index contributed by atoms with van der Waals surface area (Å²) in [5.74, 6) is 0. The summed E-state index contributed by atoms with van der Waals surface area (Å²) in [6, 6.07) is 12.3. The van der Waals surface area contributed by atoms with E-state index < -0.39 is 0 Å². The minimum Gasteiger partial charge on any atom is -0.380 e. The number of hydrogen-bond donors (Lipinski definition) is 1. The van der Waals surface area contributed by atoms with Gasteiger partial charge in [-0.3, -0.25) is 9.97 Å². The Labute approximate surface area is 112 Å². The zero-order valence-electron chi connectivity index (χ0n) is 10.8. The Morgan fingerprint density at radius 1 is 1.00 bits per heavy atom. The molecule has 0 aliphatic carbocycles. The average Bonchev–Trinajstić information content (AvgIpc) is 2.47. The molecule has 0 spiro atoms. The van der Waals surface area contributed by atoms with Crippen molar-refractivity contribution < 1.29 is 0 Å². The molecule has 0 atom stereocenters. The second kappa shape index (κ2) is 5.06. The van der Waals surface area contributed by atoms with Crippen LogP contribution in [0.1, 0.15) is 11.3 Å². The summed E-state index contributed by atoms with van der Waals surface area (Å²) in [4.78, 5) is 8.56. The van der Waals surface area contributed by atoms with Gasteiger partial charge in [0.1, 0.15) is 0 Å². The summed E-state index contributed by atoms with van der Waals surface area (Å²) in [6.45, 7) is 2.73. The van der Waals surface area contributed by atoms with Gasteiger partial charge in [0, 0.05) is 30.0 Å². The van der Waals surface area contributed by atoms with Crippen LogP contribution in [-0.2, 0) is 6.54 Å². The van der Waals surface area contributed by atoms with E-state index in [-0.39, 0.29) is 0 Å². The van der Waals surface area contributed by atoms with Crippen LogP contribution in [0.15, 0.2) is 55.0 Å². The highest BCUT2D eigenvalue weighted by Crippen LogP contribution is 2.18. The van der Waals surface area contributed by atoms with Gasteiger partial charge in [0.05, 0.1) is 11.9 Å². The van der Waals surface area contributed by atoms with Crippen molar-refractivity contribution in [2.45, 2.75) is 13.5 Å². The van der Waals surface area contributed by atoms with Crippen LogP contribution in [0, 0.1) is 6.92 Å². The molecule has 3 heteroatoms. The molecule has 0 aliphatic heterocycles. The predicted molar refractivity (Wildman–Crippen MR) is 78.0 cm³/mol. The fraction of sp³-hybridized carbons (Fsp3) is 0.125. The molecular formula is C16H15N3. The fourth-order valence-electron chi connectivity index (χ4n) is 2.09. The number of nitrogens with zero attached hydrogens (tertiary/aromatic N) is 2. The minimum atomic E-state index is 0.749. The first-order valence-corrected chi connectivity index (χ1v) is 6.31. The molecule has 1 N–H and O–H groups in total. The summed E-state index contributed by atoms with van der Waals surface area (Å²) < 4.78 is 0. The third-order valence-electron chi connectivity index (χ3n) is 3.15. The fourth-order valence-corrected chi connectivity index (χ4v) is 2.09. The van der Waals surface area contributed by atoms with Crippen LogP contribution in [0.5, 0.6) is 0 Å². The highest BCUT2D eigenvalue weighted by Gasteiger charge is 2.01. The zero-order chi connectivity index (χ0) is 13.1. The van der Waals surface area contributed by atoms with Crippen LogP contribution < -0.4 is 5.32 Å². The molecule has 0 radical (unpaired) electrons. The molecule has 0 unspecified atom stereocenters. The van der Waals surface area contributed by atoms with E-state index in [4.69, 9.17) is 0 Å². The highest BCUT2D eigenvalue weighted by molar-refractivity contribution is 5.84. The molecular weight excluding hydrogens is 234 g/mol. The standard InChI is InChI=1S/C16H15N3/c1-12-6-7-15(11-18-12)19-10-14-9-17-8-13-4-2-3-5-16(13)14/h2-9,11,19H,10H2,1H3. The van der Waals surface area contributed by atoms with E-state index in [0.717, 1.165) is 17.9 Å². The number of aromatic nitrogens is 2. The number of rotatable bonds is 3. The van der Waals surface area contributed by atoms with Crippen LogP contribution >= 0.6 is 0 Å². The van der Waals surface area contributed by atoms with Crippen LogP contribution in [0.25, 0.3) is 10.8 Å². The van der Waals surface area contributed by atoms with Crippen molar-refractivity contribution in [3.8, 4) is 0 Å². The molecule has 3 nitrogen and oxygen atoms in total. The van der Waals surface area contributed by atoms with Gasteiger partial charge in [0.25, 0.3) is 0 Å². The normalized spacial score (nSPS) is 10.6. The minimum absolute atomic E-state index is 0.749. The molecule has 19 heavy (non-hydrogen) atoms. The van der Waals surface area contributed by atoms with Crippen molar-refractivity contribution in [3.63, 3.8) is 0 Å². The summed E-state index contributed by atoms with van der Waals surface area (Å²) in [5, 5.41) is 5.79. The number of fused-ring (bicyclic) bond motifs is 1. The number of benzene rings is 1. The lowest BCUT2D eigenvalue weighted by Gasteiger charge is -2.08. The molecule has 0 amide bonds. The molecule has 3 aromatic rings. The van der Waals surface area contributed by atoms with E-state index in [1.807, 2.05) is 43.7 Å². The van der Waals surface area contributed by atoms with Gasteiger partial charge in [-0.2, -0.15) is 0 Å². The van der Waals surface area contributed by atoms with Gasteiger partial charge >= 0.3 is 0 Å². The van der Waals surface area contributed by atoms with E-state index in [2.05, 4.69) is 33.5 Å². The lowest BCUT2D eigenvalue weighted by molar-refractivity contribution is 1.11. The van der Waals surface area contributed by atoms with Gasteiger partial charge in [-0.05, 0) is 30.0 Å². The van der Waals surface area contributed by atoms with Gasteiger partial charge in [-0.25, -0.2) is 0 Å². The lowest BCUT2D eigenvalue weighted by Crippen LogP contribution is -2.01. The lowest BCUT2D eigenvalue weighted by atomic mass is 10.1. The van der Waals surface area contributed by atoms with Crippen molar-refractivity contribution in [1.29, 1.82) is 0 Å². The Balaban J connectivity index is 1.84. The molecule has 0 saturated carbocycles. The average molecular weight is 249 g/mol. The molecule has 94 valence electrons. The maximum absolute atomic E-state index is 4.28. The second-order valence-corrected chi connectivity index (χ2v) is 4.56. The number of pyridine rings is 2. The number of nitrogens with one attached hydrogen (secondary N) is 1. The van der Waals surface area contributed by atoms with E-state index in [1.165, 1.54) is 16.3 Å². The first-order chi connectivity index (χ1) is 9.33. The zero-order valence-corrected chi connectivity index (χ0v) is 10.8. The Hall–Kier alpha value is -2.42. The Bertz CT molecular complexity index is 684. The molecule has 2 aromatic heterocycles. The Kier molecular flexibility index (Phi) is 3.11. The van der Waals surface area contributed by atoms with Crippen molar-refractivity contribution in [1.82, 2.24) is 9.97 Å². The first kappa shape index (κ1) is 11.7. The maximum atomic E-state index is 4.28. The van der Waals surface area contributed by atoms with Crippen molar-refractivity contribution in [3.05, 3.63) is 66.2 Å². The highest BCUT2D eigenvalue weighted by atomic mass is 14.9. The molecule has 3 rings (SSSR count). The smallest absolute Gasteiger partial charge is 0.0529 e. The Morgan fingerprint density at radius 2 is 1.89 bits per heavy atom. The second-order valence-electron chi connectivity index (χ2n) is 4.56. The van der Waals surface area contributed by atoms with Gasteiger partial charge in [-0.1, -0.05) is 24.3 Å². The van der Waals surface area contributed by atoms with Crippen LogP contribution in [0.3, 0.4) is 0 Å². The number of hydrogen-bond acceptors (Lipinski definition) is 3. The number of anilines is 1. The van der Waals surface area contributed by atoms with Crippen molar-refractivity contribution in [2.24, 2.45) is 0 Å². The van der Waals surface area contributed by atoms with Gasteiger partial charge < -0.3 is 5.32 Å². The monoisotopic (exact) mass is 249 g/mol. The quantitative estimate of drug-likeness (QED) is 0.771. The van der Waals surface area contributed by atoms with Gasteiger partial charge in [0.2, 0.25) is 0 Å². The largest absolute Gasteiger partial charge is 0.380 e. The van der Waals surface area contributed by atoms with Crippen LogP contribution in [-0.4, -0.2) is 9.97 Å². The van der Waals surface area contributed by atoms with E-state index in [1.54, 1.807) is 0 Å². The Morgan fingerprint density at radius 3 is 2.74 bits per heavy atom. The summed E-state index contributed by atoms with van der Waals surface area (Å²) in [5.41, 5.74) is 3.24. The van der Waals surface area contributed by atoms with Crippen molar-refractivity contribution >= 4 is 16.5 Å². The summed E-state index contributed by atoms with van der Waals surface area (Å²) in [6.07, 6.45) is 5.66. The van der Waals surface area contributed by atoms with Crippen molar-refractivity contribution in [2.75, 3.05) is 5.32 Å². The predicted octanol–water partition coefficient (Wildman–Crippen LogP) is 3.55. The SMILES string of the molecule is Cc1ccc(NCc2cncc3ccccc23)cn1. The molecule has 0 saturated heterocycles. The number of aryl methyl sites for hydroxylation is 1. The molecule has 0 bridgehead atoms. The molecule has 2 heterocycles. The first-order valence-electron chi connectivity index (χ1n) is 6.31. The van der Waals surface area contributed by atoms with E-state index in [9.17, 15) is 0 Å². The topological polar surface area (TPSA) is 37.8 Å². The van der Waals surface area contributed by atoms with Gasteiger partial charge in [-0.15, -0.1) is 0 Å². The third kappa shape index (κ3) is 2.55. The molecule has 0 fully saturated rings. The molecule has 0 aliphatic rings. The third-order valence-corrected chi connectivity index (χ3v) is 3.15.